The number of alkyl halides is 2. The number of nitrogens with zero attached hydrogens (tertiary/aromatic N) is 2. The van der Waals surface area contributed by atoms with Gasteiger partial charge in [-0.05, 0) is 19.4 Å². The van der Waals surface area contributed by atoms with E-state index in [2.05, 4.69) is 9.46 Å². The van der Waals surface area contributed by atoms with Crippen molar-refractivity contribution in [2.75, 3.05) is 13.1 Å². The number of hydrogen-bond donors (Lipinski definition) is 1. The number of nitrogens with one attached hydrogen (secondary N) is 1. The molecule has 1 aromatic rings. The fraction of sp³-hybridized carbons (Fsp3) is 0.562. The maximum atomic E-state index is 12.6. The SMILES string of the molecule is CC[C@H](NS(=O)(=O)N(CC)C[C@H](C)C#N)c1ccccc1OC(F)F. The quantitative estimate of drug-likeness (QED) is 0.681. The zero-order chi connectivity index (χ0) is 19.0. The van der Waals surface area contributed by atoms with Crippen LogP contribution in [0.15, 0.2) is 24.3 Å². The Kier molecular flexibility index (Phi) is 8.22. The molecule has 0 bridgehead atoms. The van der Waals surface area contributed by atoms with Gasteiger partial charge in [-0.3, -0.25) is 0 Å². The van der Waals surface area contributed by atoms with Crippen LogP contribution in [0, 0.1) is 17.2 Å². The number of benzene rings is 1. The standard InChI is InChI=1S/C16H23F2N3O3S/c1-4-14(13-8-6-7-9-15(13)24-16(17)18)20-25(22,23)21(5-2)11-12(3)10-19/h6-9,12,14,16,20H,4-5,11H2,1-3H3/t12-,14+/m1/s1. The van der Waals surface area contributed by atoms with Gasteiger partial charge in [-0.25, -0.2) is 0 Å². The molecule has 9 heteroatoms. The van der Waals surface area contributed by atoms with Gasteiger partial charge >= 0.3 is 6.61 Å². The molecule has 0 amide bonds. The normalized spacial score (nSPS) is 14.3. The summed E-state index contributed by atoms with van der Waals surface area (Å²) in [6, 6.07) is 7.34. The average molecular weight is 375 g/mol. The molecule has 1 rings (SSSR count). The lowest BCUT2D eigenvalue weighted by molar-refractivity contribution is -0.0506. The van der Waals surface area contributed by atoms with Crippen molar-refractivity contribution >= 4 is 10.2 Å². The van der Waals surface area contributed by atoms with E-state index in [1.807, 2.05) is 6.07 Å². The highest BCUT2D eigenvalue weighted by Gasteiger charge is 2.27. The number of hydrogen-bond acceptors (Lipinski definition) is 4. The Morgan fingerprint density at radius 1 is 1.32 bits per heavy atom. The molecule has 2 atom stereocenters. The van der Waals surface area contributed by atoms with Gasteiger partial charge in [-0.2, -0.15) is 31.5 Å². The van der Waals surface area contributed by atoms with Crippen molar-refractivity contribution in [1.82, 2.24) is 9.03 Å². The van der Waals surface area contributed by atoms with E-state index >= 15 is 0 Å². The summed E-state index contributed by atoms with van der Waals surface area (Å²) in [7, 11) is -3.89. The first kappa shape index (κ1) is 21.3. The number of ether oxygens (including phenoxy) is 1. The molecule has 0 aliphatic rings. The Labute approximate surface area is 147 Å². The maximum Gasteiger partial charge on any atom is 0.387 e. The molecule has 0 aliphatic heterocycles. The topological polar surface area (TPSA) is 82.4 Å². The molecule has 0 fully saturated rings. The number of rotatable bonds is 10. The smallest absolute Gasteiger partial charge is 0.387 e. The Bertz CT molecular complexity index is 692. The van der Waals surface area contributed by atoms with E-state index in [1.165, 1.54) is 12.1 Å². The van der Waals surface area contributed by atoms with Crippen LogP contribution in [-0.2, 0) is 10.2 Å². The van der Waals surface area contributed by atoms with Crippen molar-refractivity contribution in [2.45, 2.75) is 39.8 Å². The second kappa shape index (κ2) is 9.65. The van der Waals surface area contributed by atoms with Gasteiger partial charge in [0.2, 0.25) is 0 Å². The lowest BCUT2D eigenvalue weighted by atomic mass is 10.0. The van der Waals surface area contributed by atoms with E-state index in [0.29, 0.717) is 12.0 Å². The Morgan fingerprint density at radius 2 is 1.96 bits per heavy atom. The van der Waals surface area contributed by atoms with E-state index < -0.39 is 28.8 Å². The van der Waals surface area contributed by atoms with Crippen molar-refractivity contribution in [3.8, 4) is 11.8 Å². The molecule has 0 radical (unpaired) electrons. The van der Waals surface area contributed by atoms with Gasteiger partial charge in [0.1, 0.15) is 5.75 Å². The van der Waals surface area contributed by atoms with Crippen LogP contribution in [0.25, 0.3) is 0 Å². The average Bonchev–Trinajstić information content (AvgIpc) is 2.57. The van der Waals surface area contributed by atoms with Crippen LogP contribution < -0.4 is 9.46 Å². The fourth-order valence-electron chi connectivity index (χ4n) is 2.34. The largest absolute Gasteiger partial charge is 0.434 e. The van der Waals surface area contributed by atoms with Crippen LogP contribution >= 0.6 is 0 Å². The maximum absolute atomic E-state index is 12.6. The van der Waals surface area contributed by atoms with Crippen LogP contribution in [0.2, 0.25) is 0 Å². The molecule has 25 heavy (non-hydrogen) atoms. The van der Waals surface area contributed by atoms with Crippen LogP contribution in [0.1, 0.15) is 38.8 Å². The van der Waals surface area contributed by atoms with Crippen LogP contribution in [0.5, 0.6) is 5.75 Å². The van der Waals surface area contributed by atoms with Crippen molar-refractivity contribution in [3.63, 3.8) is 0 Å². The third-order valence-electron chi connectivity index (χ3n) is 3.60. The van der Waals surface area contributed by atoms with Crippen LogP contribution in [-0.4, -0.2) is 32.4 Å². The predicted octanol–water partition coefficient (Wildman–Crippen LogP) is 3.06. The van der Waals surface area contributed by atoms with E-state index in [9.17, 15) is 17.2 Å². The van der Waals surface area contributed by atoms with Crippen molar-refractivity contribution < 1.29 is 21.9 Å². The third-order valence-corrected chi connectivity index (χ3v) is 5.27. The Balaban J connectivity index is 3.07. The monoisotopic (exact) mass is 375 g/mol. The second-order valence-corrected chi connectivity index (χ2v) is 7.18. The number of halogens is 2. The number of nitriles is 1. The highest BCUT2D eigenvalue weighted by atomic mass is 32.2. The first-order valence-electron chi connectivity index (χ1n) is 7.95. The molecule has 6 nitrogen and oxygen atoms in total. The predicted molar refractivity (Wildman–Crippen MR) is 90.2 cm³/mol. The highest BCUT2D eigenvalue weighted by Crippen LogP contribution is 2.29. The van der Waals surface area contributed by atoms with Gasteiger partial charge in [0.15, 0.2) is 0 Å². The Hall–Kier alpha value is -1.76. The summed E-state index contributed by atoms with van der Waals surface area (Å²) in [5.74, 6) is -0.536. The summed E-state index contributed by atoms with van der Waals surface area (Å²) in [5, 5.41) is 8.89. The molecule has 0 saturated heterocycles. The molecule has 140 valence electrons. The second-order valence-electron chi connectivity index (χ2n) is 5.48. The van der Waals surface area contributed by atoms with Crippen molar-refractivity contribution in [3.05, 3.63) is 29.8 Å². The summed E-state index contributed by atoms with van der Waals surface area (Å²) >= 11 is 0. The van der Waals surface area contributed by atoms with Gasteiger partial charge in [-0.1, -0.05) is 32.0 Å². The van der Waals surface area contributed by atoms with Gasteiger partial charge in [0, 0.05) is 18.7 Å². The van der Waals surface area contributed by atoms with Gasteiger partial charge < -0.3 is 4.74 Å². The van der Waals surface area contributed by atoms with Gasteiger partial charge in [0.05, 0.1) is 18.0 Å². The summed E-state index contributed by atoms with van der Waals surface area (Å²) in [6.45, 7) is 2.26. The lowest BCUT2D eigenvalue weighted by Crippen LogP contribution is -2.44. The van der Waals surface area contributed by atoms with E-state index in [4.69, 9.17) is 5.26 Å². The molecular formula is C16H23F2N3O3S. The fourth-order valence-corrected chi connectivity index (χ4v) is 3.90. The molecular weight excluding hydrogens is 352 g/mol. The zero-order valence-electron chi connectivity index (χ0n) is 14.4. The summed E-state index contributed by atoms with van der Waals surface area (Å²) in [6.07, 6.45) is 0.341. The van der Waals surface area contributed by atoms with Gasteiger partial charge in [0.25, 0.3) is 10.2 Å². The molecule has 0 aliphatic carbocycles. The molecule has 1 N–H and O–H groups in total. The van der Waals surface area contributed by atoms with E-state index in [1.54, 1.807) is 32.9 Å². The minimum Gasteiger partial charge on any atom is -0.434 e. The first-order valence-corrected chi connectivity index (χ1v) is 9.39. The lowest BCUT2D eigenvalue weighted by Gasteiger charge is -2.26. The van der Waals surface area contributed by atoms with E-state index in [0.717, 1.165) is 4.31 Å². The third kappa shape index (κ3) is 6.23. The molecule has 1 aromatic carbocycles. The summed E-state index contributed by atoms with van der Waals surface area (Å²) in [5.41, 5.74) is 0.332. The molecule has 0 aromatic heterocycles. The minimum atomic E-state index is -3.89. The number of para-hydroxylation sites is 1. The Morgan fingerprint density at radius 3 is 2.48 bits per heavy atom. The summed E-state index contributed by atoms with van der Waals surface area (Å²) < 4.78 is 58.5. The van der Waals surface area contributed by atoms with E-state index in [-0.39, 0.29) is 18.8 Å². The molecule has 0 unspecified atom stereocenters. The minimum absolute atomic E-state index is 0.0496. The zero-order valence-corrected chi connectivity index (χ0v) is 15.3. The first-order chi connectivity index (χ1) is 11.7. The molecule has 0 saturated carbocycles. The van der Waals surface area contributed by atoms with Crippen LogP contribution in [0.4, 0.5) is 8.78 Å². The van der Waals surface area contributed by atoms with Crippen molar-refractivity contribution in [1.29, 1.82) is 5.26 Å². The highest BCUT2D eigenvalue weighted by molar-refractivity contribution is 7.87. The molecule has 0 heterocycles. The van der Waals surface area contributed by atoms with Crippen LogP contribution in [0.3, 0.4) is 0 Å². The van der Waals surface area contributed by atoms with Gasteiger partial charge in [-0.15, -0.1) is 0 Å². The molecule has 0 spiro atoms. The van der Waals surface area contributed by atoms with Crippen molar-refractivity contribution in [2.24, 2.45) is 5.92 Å². The summed E-state index contributed by atoms with van der Waals surface area (Å²) in [4.78, 5) is 0.